The minimum atomic E-state index is -3.70. The van der Waals surface area contributed by atoms with Gasteiger partial charge < -0.3 is 14.6 Å². The molecule has 3 rings (SSSR count). The van der Waals surface area contributed by atoms with E-state index in [1.165, 1.54) is 6.20 Å². The first-order valence-corrected chi connectivity index (χ1v) is 8.19. The fourth-order valence-electron chi connectivity index (χ4n) is 2.62. The van der Waals surface area contributed by atoms with E-state index < -0.39 is 52.0 Å². The summed E-state index contributed by atoms with van der Waals surface area (Å²) in [6, 6.07) is 1.14. The fourth-order valence-corrected chi connectivity index (χ4v) is 3.00. The Morgan fingerprint density at radius 2 is 2.27 bits per heavy atom. The van der Waals surface area contributed by atoms with Crippen LogP contribution in [0.1, 0.15) is 0 Å². The lowest BCUT2D eigenvalue weighted by atomic mass is 9.98. The van der Waals surface area contributed by atoms with Gasteiger partial charge in [-0.25, -0.2) is 4.79 Å². The Morgan fingerprint density at radius 1 is 1.55 bits per heavy atom. The van der Waals surface area contributed by atoms with Gasteiger partial charge in [-0.05, 0) is 0 Å². The van der Waals surface area contributed by atoms with Gasteiger partial charge in [-0.1, -0.05) is 0 Å². The van der Waals surface area contributed by atoms with Gasteiger partial charge in [0.25, 0.3) is 15.7 Å². The summed E-state index contributed by atoms with van der Waals surface area (Å²) < 4.78 is 38.7. The molecule has 0 saturated carbocycles. The number of hydrogen-bond donors (Lipinski definition) is 2. The number of aliphatic hydroxyl groups excluding tert-OH is 1. The van der Waals surface area contributed by atoms with Crippen molar-refractivity contribution in [3.8, 4) is 0 Å². The molecule has 122 valence electrons. The first kappa shape index (κ1) is 15.4. The normalized spacial score (nSPS) is 34.2. The monoisotopic (exact) mass is 334 g/mol. The average Bonchev–Trinajstić information content (AvgIpc) is 2.55. The van der Waals surface area contributed by atoms with Crippen molar-refractivity contribution in [1.29, 1.82) is 0 Å². The van der Waals surface area contributed by atoms with Crippen LogP contribution in [0.25, 0.3) is 0 Å². The van der Waals surface area contributed by atoms with Crippen molar-refractivity contribution < 1.29 is 27.2 Å². The number of aromatic nitrogens is 2. The SMILES string of the molecule is CS(=O)(=O)OC[C@H]1O[C@]2(n3ccc(=O)[nH]c3=O)CO[C@@H]2[C@@H]1O. The van der Waals surface area contributed by atoms with Crippen molar-refractivity contribution in [3.63, 3.8) is 0 Å². The highest BCUT2D eigenvalue weighted by Gasteiger charge is 2.64. The molecule has 0 bridgehead atoms. The average molecular weight is 334 g/mol. The molecule has 2 saturated heterocycles. The van der Waals surface area contributed by atoms with Gasteiger partial charge in [0, 0.05) is 12.3 Å². The number of aliphatic hydroxyl groups is 1. The zero-order valence-corrected chi connectivity index (χ0v) is 12.3. The van der Waals surface area contributed by atoms with Crippen LogP contribution in [-0.4, -0.2) is 60.9 Å². The zero-order valence-electron chi connectivity index (χ0n) is 11.5. The van der Waals surface area contributed by atoms with Gasteiger partial charge in [-0.2, -0.15) is 8.42 Å². The van der Waals surface area contributed by atoms with E-state index in [1.807, 2.05) is 0 Å². The Balaban J connectivity index is 1.89. The molecule has 10 nitrogen and oxygen atoms in total. The molecule has 4 atom stereocenters. The minimum Gasteiger partial charge on any atom is -0.387 e. The number of hydrogen-bond acceptors (Lipinski definition) is 8. The van der Waals surface area contributed by atoms with E-state index in [1.54, 1.807) is 0 Å². The van der Waals surface area contributed by atoms with E-state index in [0.29, 0.717) is 0 Å². The number of nitrogens with one attached hydrogen (secondary N) is 1. The summed E-state index contributed by atoms with van der Waals surface area (Å²) in [5, 5.41) is 10.1. The van der Waals surface area contributed by atoms with E-state index in [4.69, 9.17) is 9.47 Å². The Hall–Kier alpha value is -1.53. The van der Waals surface area contributed by atoms with Crippen LogP contribution in [-0.2, 0) is 29.5 Å². The number of ether oxygens (including phenoxy) is 2. The molecule has 0 aromatic carbocycles. The summed E-state index contributed by atoms with van der Waals surface area (Å²) in [7, 11) is -3.70. The Bertz CT molecular complexity index is 799. The van der Waals surface area contributed by atoms with Gasteiger partial charge in [0.15, 0.2) is 0 Å². The van der Waals surface area contributed by atoms with Crippen LogP contribution in [0.3, 0.4) is 0 Å². The Morgan fingerprint density at radius 3 is 2.82 bits per heavy atom. The topological polar surface area (TPSA) is 137 Å². The van der Waals surface area contributed by atoms with Crippen LogP contribution in [0.15, 0.2) is 21.9 Å². The molecule has 11 heteroatoms. The summed E-state index contributed by atoms with van der Waals surface area (Å²) in [5.74, 6) is 0. The summed E-state index contributed by atoms with van der Waals surface area (Å²) in [4.78, 5) is 25.1. The molecule has 2 aliphatic rings. The van der Waals surface area contributed by atoms with Crippen LogP contribution in [0, 0.1) is 0 Å². The third-order valence-corrected chi connectivity index (χ3v) is 4.20. The first-order chi connectivity index (χ1) is 10.2. The molecule has 2 N–H and O–H groups in total. The maximum absolute atomic E-state index is 11.9. The number of fused-ring (bicyclic) bond motifs is 1. The standard InChI is InChI=1S/C11H14N2O8S/c1-22(17,18)20-4-6-8(15)9-11(21-6,5-19-9)13-3-2-7(14)12-10(13)16/h2-3,6,8-9,15H,4-5H2,1H3,(H,12,14,16)/t6-,8-,9-,11-/m1/s1. The molecule has 1 aromatic heterocycles. The quantitative estimate of drug-likeness (QED) is 0.569. The molecule has 0 spiro atoms. The van der Waals surface area contributed by atoms with Crippen molar-refractivity contribution in [2.45, 2.75) is 24.0 Å². The van der Waals surface area contributed by atoms with Gasteiger partial charge in [-0.3, -0.25) is 18.5 Å². The Kier molecular flexibility index (Phi) is 3.49. The number of nitrogens with zero attached hydrogens (tertiary/aromatic N) is 1. The lowest BCUT2D eigenvalue weighted by Crippen LogP contribution is -2.63. The second kappa shape index (κ2) is 4.99. The maximum atomic E-state index is 11.9. The minimum absolute atomic E-state index is 0.0178. The van der Waals surface area contributed by atoms with E-state index >= 15 is 0 Å². The molecule has 2 aliphatic heterocycles. The summed E-state index contributed by atoms with van der Waals surface area (Å²) in [5.41, 5.74) is -2.56. The van der Waals surface area contributed by atoms with Crippen molar-refractivity contribution in [1.82, 2.24) is 9.55 Å². The largest absolute Gasteiger partial charge is 0.387 e. The molecular formula is C11H14N2O8S. The third kappa shape index (κ3) is 2.40. The molecule has 0 amide bonds. The van der Waals surface area contributed by atoms with Gasteiger partial charge in [-0.15, -0.1) is 0 Å². The highest BCUT2D eigenvalue weighted by molar-refractivity contribution is 7.85. The van der Waals surface area contributed by atoms with E-state index in [9.17, 15) is 23.1 Å². The van der Waals surface area contributed by atoms with Crippen molar-refractivity contribution in [2.24, 2.45) is 0 Å². The van der Waals surface area contributed by atoms with Crippen molar-refractivity contribution in [3.05, 3.63) is 33.1 Å². The van der Waals surface area contributed by atoms with Crippen LogP contribution in [0.4, 0.5) is 0 Å². The summed E-state index contributed by atoms with van der Waals surface area (Å²) >= 11 is 0. The van der Waals surface area contributed by atoms with Gasteiger partial charge in [0.2, 0.25) is 5.72 Å². The highest BCUT2D eigenvalue weighted by Crippen LogP contribution is 2.44. The van der Waals surface area contributed by atoms with E-state index in [0.717, 1.165) is 16.9 Å². The number of aromatic amines is 1. The maximum Gasteiger partial charge on any atom is 0.330 e. The first-order valence-electron chi connectivity index (χ1n) is 6.37. The molecular weight excluding hydrogens is 320 g/mol. The fraction of sp³-hybridized carbons (Fsp3) is 0.636. The summed E-state index contributed by atoms with van der Waals surface area (Å²) in [6.45, 7) is -0.421. The number of H-pyrrole nitrogens is 1. The lowest BCUT2D eigenvalue weighted by Gasteiger charge is -2.44. The second-order valence-electron chi connectivity index (χ2n) is 5.19. The molecule has 0 unspecified atom stereocenters. The highest BCUT2D eigenvalue weighted by atomic mass is 32.2. The van der Waals surface area contributed by atoms with Crippen molar-refractivity contribution >= 4 is 10.1 Å². The van der Waals surface area contributed by atoms with Crippen LogP contribution >= 0.6 is 0 Å². The van der Waals surface area contributed by atoms with Gasteiger partial charge in [0.05, 0.1) is 19.5 Å². The van der Waals surface area contributed by atoms with Crippen LogP contribution in [0.5, 0.6) is 0 Å². The van der Waals surface area contributed by atoms with E-state index in [-0.39, 0.29) is 6.61 Å². The van der Waals surface area contributed by atoms with Crippen LogP contribution in [0.2, 0.25) is 0 Å². The molecule has 2 fully saturated rings. The zero-order chi connectivity index (χ0) is 16.1. The molecule has 0 radical (unpaired) electrons. The molecule has 22 heavy (non-hydrogen) atoms. The lowest BCUT2D eigenvalue weighted by molar-refractivity contribution is -0.278. The Labute approximate surface area is 124 Å². The van der Waals surface area contributed by atoms with Gasteiger partial charge in [0.1, 0.15) is 18.3 Å². The molecule has 0 aliphatic carbocycles. The predicted octanol–water partition coefficient (Wildman–Crippen LogP) is -2.68. The molecule has 3 heterocycles. The smallest absolute Gasteiger partial charge is 0.330 e. The number of rotatable bonds is 4. The second-order valence-corrected chi connectivity index (χ2v) is 6.84. The summed E-state index contributed by atoms with van der Waals surface area (Å²) in [6.07, 6.45) is -0.898. The van der Waals surface area contributed by atoms with Gasteiger partial charge >= 0.3 is 5.69 Å². The predicted molar refractivity (Wildman–Crippen MR) is 70.7 cm³/mol. The third-order valence-electron chi connectivity index (χ3n) is 3.64. The van der Waals surface area contributed by atoms with E-state index in [2.05, 4.69) is 9.17 Å². The molecule has 1 aromatic rings. The van der Waals surface area contributed by atoms with Crippen molar-refractivity contribution in [2.75, 3.05) is 19.5 Å². The van der Waals surface area contributed by atoms with Crippen LogP contribution < -0.4 is 11.2 Å².